The van der Waals surface area contributed by atoms with Crippen LogP contribution in [0.25, 0.3) is 0 Å². The number of benzene rings is 1. The number of nitrogens with one attached hydrogen (secondary N) is 2. The maximum absolute atomic E-state index is 12.0. The van der Waals surface area contributed by atoms with Crippen LogP contribution in [0.3, 0.4) is 0 Å². The first kappa shape index (κ1) is 20.6. The molecule has 0 unspecified atom stereocenters. The molecule has 8 nitrogen and oxygen atoms in total. The maximum atomic E-state index is 12.0. The Morgan fingerprint density at radius 2 is 1.64 bits per heavy atom. The van der Waals surface area contributed by atoms with Gasteiger partial charge in [-0.2, -0.15) is 0 Å². The van der Waals surface area contributed by atoms with Crippen molar-refractivity contribution in [1.82, 2.24) is 5.32 Å². The molecular weight excluding hydrogens is 348 g/mol. The average molecular weight is 370 g/mol. The van der Waals surface area contributed by atoms with E-state index in [9.17, 15) is 22.8 Å². The maximum Gasteiger partial charge on any atom is 0.305 e. The second kappa shape index (κ2) is 8.11. The van der Waals surface area contributed by atoms with Gasteiger partial charge in [0, 0.05) is 17.8 Å². The van der Waals surface area contributed by atoms with Crippen LogP contribution in [0.5, 0.6) is 0 Å². The van der Waals surface area contributed by atoms with E-state index >= 15 is 0 Å². The summed E-state index contributed by atoms with van der Waals surface area (Å²) in [6.07, 6.45) is -0.178. The van der Waals surface area contributed by atoms with E-state index in [4.69, 9.17) is 5.11 Å². The summed E-state index contributed by atoms with van der Waals surface area (Å²) in [6.45, 7) is 4.57. The number of carboxylic acid groups (broad SMARTS) is 1. The molecule has 1 aromatic carbocycles. The van der Waals surface area contributed by atoms with Gasteiger partial charge in [0.15, 0.2) is 9.84 Å². The lowest BCUT2D eigenvalue weighted by Crippen LogP contribution is -2.35. The predicted molar refractivity (Wildman–Crippen MR) is 93.2 cm³/mol. The molecule has 2 amide bonds. The number of anilines is 1. The van der Waals surface area contributed by atoms with Crippen molar-refractivity contribution < 1.29 is 27.9 Å². The number of hydrogen-bond acceptors (Lipinski definition) is 5. The van der Waals surface area contributed by atoms with Gasteiger partial charge in [0.2, 0.25) is 5.91 Å². The first-order valence-corrected chi connectivity index (χ1v) is 9.20. The Morgan fingerprint density at radius 3 is 2.12 bits per heavy atom. The molecule has 3 N–H and O–H groups in total. The predicted octanol–water partition coefficient (Wildman–Crippen LogP) is 1.04. The lowest BCUT2D eigenvalue weighted by molar-refractivity contribution is -0.136. The van der Waals surface area contributed by atoms with Crippen molar-refractivity contribution in [3.63, 3.8) is 0 Å². The SMILES string of the molecule is CC(C)(C)S(=O)(=O)CC(=O)Nc1ccc(C(=O)NCCC(=O)O)cc1. The summed E-state index contributed by atoms with van der Waals surface area (Å²) in [5, 5.41) is 13.4. The van der Waals surface area contributed by atoms with Gasteiger partial charge < -0.3 is 15.7 Å². The smallest absolute Gasteiger partial charge is 0.305 e. The molecule has 0 atom stereocenters. The van der Waals surface area contributed by atoms with E-state index < -0.39 is 38.1 Å². The van der Waals surface area contributed by atoms with Gasteiger partial charge in [0.1, 0.15) is 5.75 Å². The van der Waals surface area contributed by atoms with Gasteiger partial charge in [-0.25, -0.2) is 8.42 Å². The number of carbonyl (C=O) groups is 3. The number of carbonyl (C=O) groups excluding carboxylic acids is 2. The quantitative estimate of drug-likeness (QED) is 0.658. The molecule has 0 radical (unpaired) electrons. The molecule has 0 aromatic heterocycles. The van der Waals surface area contributed by atoms with Crippen molar-refractivity contribution >= 4 is 33.3 Å². The zero-order valence-electron chi connectivity index (χ0n) is 14.3. The number of sulfone groups is 1. The monoisotopic (exact) mass is 370 g/mol. The second-order valence-corrected chi connectivity index (χ2v) is 9.14. The molecule has 25 heavy (non-hydrogen) atoms. The summed E-state index contributed by atoms with van der Waals surface area (Å²) in [5.41, 5.74) is 0.655. The molecule has 0 aliphatic rings. The van der Waals surface area contributed by atoms with Gasteiger partial charge in [-0.3, -0.25) is 14.4 Å². The first-order valence-electron chi connectivity index (χ1n) is 7.54. The molecule has 138 valence electrons. The molecule has 1 rings (SSSR count). The fourth-order valence-corrected chi connectivity index (χ4v) is 2.53. The average Bonchev–Trinajstić information content (AvgIpc) is 2.45. The fraction of sp³-hybridized carbons (Fsp3) is 0.438. The third kappa shape index (κ3) is 6.54. The fourth-order valence-electron chi connectivity index (χ4n) is 1.68. The molecule has 0 aliphatic carbocycles. The molecule has 0 spiro atoms. The van der Waals surface area contributed by atoms with E-state index in [2.05, 4.69) is 10.6 Å². The summed E-state index contributed by atoms with van der Waals surface area (Å²) in [4.78, 5) is 34.1. The molecular formula is C16H22N2O6S. The topological polar surface area (TPSA) is 130 Å². The standard InChI is InChI=1S/C16H22N2O6S/c1-16(2,3)25(23,24)10-13(19)18-12-6-4-11(5-7-12)15(22)17-9-8-14(20)21/h4-7H,8-10H2,1-3H3,(H,17,22)(H,18,19)(H,20,21). The Morgan fingerprint density at radius 1 is 1.08 bits per heavy atom. The second-order valence-electron chi connectivity index (χ2n) is 6.40. The Balaban J connectivity index is 2.64. The highest BCUT2D eigenvalue weighted by Crippen LogP contribution is 2.16. The van der Waals surface area contributed by atoms with Gasteiger partial charge in [0.25, 0.3) is 5.91 Å². The Labute approximate surface area is 146 Å². The molecule has 0 aliphatic heterocycles. The number of aliphatic carboxylic acids is 1. The van der Waals surface area contributed by atoms with Crippen molar-refractivity contribution in [2.24, 2.45) is 0 Å². The van der Waals surface area contributed by atoms with Crippen molar-refractivity contribution in [1.29, 1.82) is 0 Å². The first-order chi connectivity index (χ1) is 11.4. The molecule has 0 saturated carbocycles. The van der Waals surface area contributed by atoms with Gasteiger partial charge in [-0.15, -0.1) is 0 Å². The van der Waals surface area contributed by atoms with Gasteiger partial charge in [-0.1, -0.05) is 0 Å². The number of amides is 2. The van der Waals surface area contributed by atoms with Crippen LogP contribution in [-0.4, -0.2) is 48.4 Å². The summed E-state index contributed by atoms with van der Waals surface area (Å²) in [7, 11) is -3.58. The minimum absolute atomic E-state index is 0.0112. The third-order valence-electron chi connectivity index (χ3n) is 3.31. The van der Waals surface area contributed by atoms with Crippen LogP contribution in [0.4, 0.5) is 5.69 Å². The van der Waals surface area contributed by atoms with Crippen molar-refractivity contribution in [3.05, 3.63) is 29.8 Å². The van der Waals surface area contributed by atoms with Crippen molar-refractivity contribution in [2.75, 3.05) is 17.6 Å². The number of hydrogen-bond donors (Lipinski definition) is 3. The Kier molecular flexibility index (Phi) is 6.69. The lowest BCUT2D eigenvalue weighted by Gasteiger charge is -2.18. The van der Waals surface area contributed by atoms with Crippen LogP contribution in [0.1, 0.15) is 37.6 Å². The van der Waals surface area contributed by atoms with E-state index in [0.717, 1.165) is 0 Å². The minimum atomic E-state index is -3.58. The molecule has 0 heterocycles. The van der Waals surface area contributed by atoms with E-state index in [1.54, 1.807) is 0 Å². The van der Waals surface area contributed by atoms with Crippen LogP contribution in [-0.2, 0) is 19.4 Å². The lowest BCUT2D eigenvalue weighted by atomic mass is 10.2. The van der Waals surface area contributed by atoms with E-state index in [-0.39, 0.29) is 13.0 Å². The Bertz CT molecular complexity index is 748. The highest BCUT2D eigenvalue weighted by Gasteiger charge is 2.31. The zero-order chi connectivity index (χ0) is 19.3. The Hall–Kier alpha value is -2.42. The largest absolute Gasteiger partial charge is 0.481 e. The molecule has 9 heteroatoms. The third-order valence-corrected chi connectivity index (χ3v) is 5.82. The van der Waals surface area contributed by atoms with Gasteiger partial charge in [-0.05, 0) is 45.0 Å². The van der Waals surface area contributed by atoms with Gasteiger partial charge >= 0.3 is 5.97 Å². The van der Waals surface area contributed by atoms with Crippen molar-refractivity contribution in [2.45, 2.75) is 31.9 Å². The molecule has 0 saturated heterocycles. The normalized spacial score (nSPS) is 11.6. The van der Waals surface area contributed by atoms with Crippen LogP contribution in [0, 0.1) is 0 Å². The van der Waals surface area contributed by atoms with E-state index in [1.165, 1.54) is 45.0 Å². The minimum Gasteiger partial charge on any atom is -0.481 e. The molecule has 0 bridgehead atoms. The summed E-state index contributed by atoms with van der Waals surface area (Å²) >= 11 is 0. The van der Waals surface area contributed by atoms with Crippen LogP contribution >= 0.6 is 0 Å². The van der Waals surface area contributed by atoms with Crippen LogP contribution in [0.2, 0.25) is 0 Å². The zero-order valence-corrected chi connectivity index (χ0v) is 15.1. The van der Waals surface area contributed by atoms with Gasteiger partial charge in [0.05, 0.1) is 11.2 Å². The van der Waals surface area contributed by atoms with Crippen LogP contribution in [0.15, 0.2) is 24.3 Å². The molecule has 1 aromatic rings. The number of rotatable bonds is 7. The summed E-state index contributed by atoms with van der Waals surface area (Å²) in [6, 6.07) is 5.83. The summed E-state index contributed by atoms with van der Waals surface area (Å²) < 4.78 is 23.0. The van der Waals surface area contributed by atoms with Crippen molar-refractivity contribution in [3.8, 4) is 0 Å². The molecule has 0 fully saturated rings. The highest BCUT2D eigenvalue weighted by molar-refractivity contribution is 7.93. The highest BCUT2D eigenvalue weighted by atomic mass is 32.2. The summed E-state index contributed by atoms with van der Waals surface area (Å²) in [5.74, 6) is -2.74. The van der Waals surface area contributed by atoms with E-state index in [0.29, 0.717) is 11.3 Å². The van der Waals surface area contributed by atoms with Crippen LogP contribution < -0.4 is 10.6 Å². The van der Waals surface area contributed by atoms with E-state index in [1.807, 2.05) is 0 Å². The number of carboxylic acids is 1.